The SMILES string of the molecule is C1=Nc2ccccc2[SH]1. The second kappa shape index (κ2) is 1.88. The van der Waals surface area contributed by atoms with Gasteiger partial charge in [-0.2, -0.15) is 0 Å². The van der Waals surface area contributed by atoms with E-state index in [1.807, 2.05) is 23.7 Å². The van der Waals surface area contributed by atoms with Gasteiger partial charge in [0.2, 0.25) is 0 Å². The fourth-order valence-corrected chi connectivity index (χ4v) is 1.58. The van der Waals surface area contributed by atoms with Crippen LogP contribution in [0.15, 0.2) is 34.2 Å². The normalized spacial score (nSPS) is 13.8. The number of rotatable bonds is 0. The minimum atomic E-state index is 1.12. The molecule has 0 saturated carbocycles. The fraction of sp³-hybridized carbons (Fsp3) is 0. The Kier molecular flexibility index (Phi) is 1.06. The van der Waals surface area contributed by atoms with E-state index < -0.39 is 0 Å². The van der Waals surface area contributed by atoms with Gasteiger partial charge in [-0.05, 0) is 12.1 Å². The topological polar surface area (TPSA) is 12.4 Å². The van der Waals surface area contributed by atoms with E-state index in [0.717, 1.165) is 5.69 Å². The lowest BCUT2D eigenvalue weighted by Gasteiger charge is -1.91. The van der Waals surface area contributed by atoms with Crippen molar-refractivity contribution >= 4 is 23.0 Å². The minimum absolute atomic E-state index is 1.12. The summed E-state index contributed by atoms with van der Waals surface area (Å²) in [6.45, 7) is 0. The highest BCUT2D eigenvalue weighted by atomic mass is 32.2. The molecule has 0 amide bonds. The highest BCUT2D eigenvalue weighted by Gasteiger charge is 2.01. The Morgan fingerprint density at radius 3 is 3.00 bits per heavy atom. The van der Waals surface area contributed by atoms with Crippen molar-refractivity contribution in [1.29, 1.82) is 0 Å². The van der Waals surface area contributed by atoms with Crippen molar-refractivity contribution in [3.05, 3.63) is 24.3 Å². The second-order valence-electron chi connectivity index (χ2n) is 1.86. The third-order valence-corrected chi connectivity index (χ3v) is 2.16. The number of para-hydroxylation sites is 1. The van der Waals surface area contributed by atoms with Crippen LogP contribution in [0, 0.1) is 0 Å². The number of hydrogen-bond acceptors (Lipinski definition) is 1. The van der Waals surface area contributed by atoms with Crippen LogP contribution >= 0.6 is 11.8 Å². The molecule has 0 atom stereocenters. The van der Waals surface area contributed by atoms with Crippen molar-refractivity contribution in [1.82, 2.24) is 0 Å². The Hall–Kier alpha value is -0.760. The maximum Gasteiger partial charge on any atom is 0.0764 e. The van der Waals surface area contributed by atoms with E-state index in [1.165, 1.54) is 16.7 Å². The monoisotopic (exact) mass is 136 g/mol. The quantitative estimate of drug-likeness (QED) is 0.525. The molecular weight excluding hydrogens is 130 g/mol. The van der Waals surface area contributed by atoms with Crippen LogP contribution in [-0.4, -0.2) is 5.55 Å². The van der Waals surface area contributed by atoms with Gasteiger partial charge in [0, 0.05) is 4.90 Å². The Balaban J connectivity index is 2.63. The van der Waals surface area contributed by atoms with Crippen molar-refractivity contribution < 1.29 is 0 Å². The molecule has 1 heterocycles. The van der Waals surface area contributed by atoms with E-state index in [0.29, 0.717) is 0 Å². The van der Waals surface area contributed by atoms with Crippen LogP contribution in [0.3, 0.4) is 0 Å². The molecule has 0 bridgehead atoms. The Morgan fingerprint density at radius 1 is 1.22 bits per heavy atom. The molecule has 0 fully saturated rings. The number of thiol groups is 1. The molecular formula is C7H6NS. The molecule has 1 nitrogen and oxygen atoms in total. The number of hydrogen-bond donors (Lipinski definition) is 1. The van der Waals surface area contributed by atoms with E-state index in [9.17, 15) is 0 Å². The largest absolute Gasteiger partial charge is 0.250 e. The van der Waals surface area contributed by atoms with Crippen LogP contribution < -0.4 is 0 Å². The lowest BCUT2D eigenvalue weighted by Crippen LogP contribution is -1.62. The molecule has 1 aliphatic heterocycles. The van der Waals surface area contributed by atoms with Crippen LogP contribution in [0.4, 0.5) is 5.69 Å². The molecule has 0 saturated heterocycles. The molecule has 0 unspecified atom stereocenters. The summed E-state index contributed by atoms with van der Waals surface area (Å²) < 4.78 is 0. The van der Waals surface area contributed by atoms with Crippen molar-refractivity contribution in [3.8, 4) is 0 Å². The van der Waals surface area contributed by atoms with E-state index in [1.54, 1.807) is 0 Å². The standard InChI is InChI=1S/C7H6NS/c1-2-4-7-6(3-1)8-5-9-7/h1-5,9H. The summed E-state index contributed by atoms with van der Waals surface area (Å²) in [7, 11) is 0. The molecule has 2 heteroatoms. The van der Waals surface area contributed by atoms with Crippen molar-refractivity contribution in [3.63, 3.8) is 0 Å². The number of nitrogens with zero attached hydrogens (tertiary/aromatic N) is 1. The molecule has 1 aromatic carbocycles. The highest BCUT2D eigenvalue weighted by Crippen LogP contribution is 2.32. The summed E-state index contributed by atoms with van der Waals surface area (Å²) in [6.07, 6.45) is 0. The van der Waals surface area contributed by atoms with Gasteiger partial charge in [-0.25, -0.2) is 4.99 Å². The molecule has 45 valence electrons. The summed E-state index contributed by atoms with van der Waals surface area (Å²) in [5, 5.41) is 0. The molecule has 9 heavy (non-hydrogen) atoms. The van der Waals surface area contributed by atoms with Gasteiger partial charge in [-0.15, -0.1) is 11.8 Å². The molecule has 1 aliphatic rings. The lowest BCUT2D eigenvalue weighted by molar-refractivity contribution is 1.41. The number of aliphatic imine (C=N–C) groups is 1. The van der Waals surface area contributed by atoms with E-state index in [4.69, 9.17) is 0 Å². The number of fused-ring (bicyclic) bond motifs is 1. The average Bonchev–Trinajstić information content (AvgIpc) is 2.33. The average molecular weight is 136 g/mol. The zero-order chi connectivity index (χ0) is 6.10. The zero-order valence-corrected chi connectivity index (χ0v) is 5.68. The first-order chi connectivity index (χ1) is 4.47. The summed E-state index contributed by atoms with van der Waals surface area (Å²) in [4.78, 5) is 5.48. The van der Waals surface area contributed by atoms with Crippen LogP contribution in [0.1, 0.15) is 0 Å². The fourth-order valence-electron chi connectivity index (χ4n) is 0.836. The van der Waals surface area contributed by atoms with Gasteiger partial charge in [-0.1, -0.05) is 12.1 Å². The van der Waals surface area contributed by atoms with Crippen molar-refractivity contribution in [2.24, 2.45) is 4.99 Å². The lowest BCUT2D eigenvalue weighted by atomic mass is 10.3. The summed E-state index contributed by atoms with van der Waals surface area (Å²) in [5.74, 6) is 0. The van der Waals surface area contributed by atoms with Gasteiger partial charge >= 0.3 is 0 Å². The first-order valence-electron chi connectivity index (χ1n) is 2.79. The second-order valence-corrected chi connectivity index (χ2v) is 2.83. The zero-order valence-electron chi connectivity index (χ0n) is 4.78. The van der Waals surface area contributed by atoms with Crippen LogP contribution in [0.25, 0.3) is 0 Å². The van der Waals surface area contributed by atoms with E-state index in [2.05, 4.69) is 11.1 Å². The van der Waals surface area contributed by atoms with Crippen LogP contribution in [0.2, 0.25) is 0 Å². The Morgan fingerprint density at radius 2 is 2.11 bits per heavy atom. The third kappa shape index (κ3) is 0.754. The van der Waals surface area contributed by atoms with Gasteiger partial charge in [-0.3, -0.25) is 0 Å². The number of benzene rings is 1. The molecule has 2 rings (SSSR count). The van der Waals surface area contributed by atoms with Crippen LogP contribution in [-0.2, 0) is 0 Å². The van der Waals surface area contributed by atoms with Crippen molar-refractivity contribution in [2.75, 3.05) is 0 Å². The maximum absolute atomic E-state index is 4.16. The van der Waals surface area contributed by atoms with Gasteiger partial charge in [0.1, 0.15) is 0 Å². The van der Waals surface area contributed by atoms with Crippen LogP contribution in [0.5, 0.6) is 0 Å². The molecule has 0 spiro atoms. The van der Waals surface area contributed by atoms with Gasteiger partial charge in [0.05, 0.1) is 11.2 Å². The first kappa shape index (κ1) is 5.06. The summed E-state index contributed by atoms with van der Waals surface area (Å²) in [6, 6.07) is 8.19. The predicted molar refractivity (Wildman–Crippen MR) is 41.8 cm³/mol. The van der Waals surface area contributed by atoms with Gasteiger partial charge < -0.3 is 0 Å². The molecule has 1 radical (unpaired) electrons. The van der Waals surface area contributed by atoms with Gasteiger partial charge in [0.15, 0.2) is 0 Å². The van der Waals surface area contributed by atoms with E-state index in [-0.39, 0.29) is 0 Å². The minimum Gasteiger partial charge on any atom is -0.250 e. The smallest absolute Gasteiger partial charge is 0.0764 e. The Bertz CT molecular complexity index is 255. The molecule has 0 aromatic heterocycles. The van der Waals surface area contributed by atoms with Gasteiger partial charge in [0.25, 0.3) is 0 Å². The van der Waals surface area contributed by atoms with E-state index >= 15 is 0 Å². The Labute approximate surface area is 57.8 Å². The molecule has 0 N–H and O–H groups in total. The third-order valence-electron chi connectivity index (χ3n) is 1.28. The molecule has 0 aliphatic carbocycles. The first-order valence-corrected chi connectivity index (χ1v) is 3.75. The summed E-state index contributed by atoms with van der Waals surface area (Å²) >= 11 is 1.23. The summed E-state index contributed by atoms with van der Waals surface area (Å²) in [5.41, 5.74) is 3.05. The maximum atomic E-state index is 4.16. The van der Waals surface area contributed by atoms with Crippen molar-refractivity contribution in [2.45, 2.75) is 4.90 Å². The molecule has 1 aromatic rings. The predicted octanol–water partition coefficient (Wildman–Crippen LogP) is 2.18. The highest BCUT2D eigenvalue weighted by molar-refractivity contribution is 8.12.